The zero-order valence-electron chi connectivity index (χ0n) is 9.99. The first-order valence-electron chi connectivity index (χ1n) is 5.54. The Kier molecular flexibility index (Phi) is 4.85. The predicted octanol–water partition coefficient (Wildman–Crippen LogP) is 1.05. The van der Waals surface area contributed by atoms with Crippen LogP contribution in [0.2, 0.25) is 0 Å². The van der Waals surface area contributed by atoms with E-state index in [1.807, 2.05) is 0 Å². The fourth-order valence-corrected chi connectivity index (χ4v) is 2.06. The summed E-state index contributed by atoms with van der Waals surface area (Å²) in [6.07, 6.45) is 4.21. The number of rotatable bonds is 4. The molecule has 1 aliphatic rings. The minimum absolute atomic E-state index is 0.432. The fourth-order valence-electron chi connectivity index (χ4n) is 2.06. The molecule has 0 radical (unpaired) electrons. The van der Waals surface area contributed by atoms with Crippen molar-refractivity contribution in [2.45, 2.75) is 31.4 Å². The zero-order valence-corrected chi connectivity index (χ0v) is 9.99. The summed E-state index contributed by atoms with van der Waals surface area (Å²) in [5.41, 5.74) is 0. The molecule has 0 N–H and O–H groups in total. The molecule has 2 unspecified atom stereocenters. The van der Waals surface area contributed by atoms with E-state index in [-0.39, 0.29) is 0 Å². The van der Waals surface area contributed by atoms with E-state index >= 15 is 0 Å². The van der Waals surface area contributed by atoms with E-state index in [0.29, 0.717) is 12.1 Å². The molecule has 0 saturated carbocycles. The lowest BCUT2D eigenvalue weighted by atomic mass is 10.0. The lowest BCUT2D eigenvalue weighted by Gasteiger charge is -2.36. The molecule has 0 aromatic rings. The third kappa shape index (κ3) is 3.56. The first kappa shape index (κ1) is 12.0. The van der Waals surface area contributed by atoms with Gasteiger partial charge in [-0.1, -0.05) is 0 Å². The maximum atomic E-state index is 5.83. The normalized spacial score (nSPS) is 25.7. The summed E-state index contributed by atoms with van der Waals surface area (Å²) < 4.78 is 5.83. The van der Waals surface area contributed by atoms with Crippen LogP contribution < -0.4 is 0 Å². The molecule has 3 nitrogen and oxygen atoms in total. The monoisotopic (exact) mass is 200 g/mol. The third-order valence-corrected chi connectivity index (χ3v) is 2.86. The SMILES string of the molecule is CN(C)CC(C1CCCCO1)N(C)C. The Balaban J connectivity index is 2.47. The Hall–Kier alpha value is -0.120. The molecule has 14 heavy (non-hydrogen) atoms. The molecule has 0 aromatic heterocycles. The maximum Gasteiger partial charge on any atom is 0.0742 e. The quantitative estimate of drug-likeness (QED) is 0.674. The standard InChI is InChI=1S/C11H24N2O/c1-12(2)9-10(13(3)4)11-7-5-6-8-14-11/h10-11H,5-9H2,1-4H3. The van der Waals surface area contributed by atoms with E-state index in [0.717, 1.165) is 13.2 Å². The number of nitrogens with zero attached hydrogens (tertiary/aromatic N) is 2. The van der Waals surface area contributed by atoms with Gasteiger partial charge in [-0.15, -0.1) is 0 Å². The highest BCUT2D eigenvalue weighted by Crippen LogP contribution is 2.18. The smallest absolute Gasteiger partial charge is 0.0742 e. The average Bonchev–Trinajstić information content (AvgIpc) is 2.15. The van der Waals surface area contributed by atoms with Gasteiger partial charge in [0.05, 0.1) is 6.10 Å². The van der Waals surface area contributed by atoms with Crippen molar-refractivity contribution in [2.75, 3.05) is 41.3 Å². The van der Waals surface area contributed by atoms with E-state index in [2.05, 4.69) is 38.0 Å². The molecule has 0 amide bonds. The molecule has 3 heteroatoms. The Labute approximate surface area is 88.0 Å². The van der Waals surface area contributed by atoms with Crippen LogP contribution >= 0.6 is 0 Å². The van der Waals surface area contributed by atoms with Gasteiger partial charge in [0.2, 0.25) is 0 Å². The first-order chi connectivity index (χ1) is 6.61. The van der Waals surface area contributed by atoms with Crippen molar-refractivity contribution in [1.29, 1.82) is 0 Å². The molecule has 0 aliphatic carbocycles. The molecule has 1 saturated heterocycles. The van der Waals surface area contributed by atoms with Crippen LogP contribution in [0.1, 0.15) is 19.3 Å². The van der Waals surface area contributed by atoms with Crippen LogP contribution in [-0.4, -0.2) is 63.3 Å². The van der Waals surface area contributed by atoms with Crippen molar-refractivity contribution < 1.29 is 4.74 Å². The van der Waals surface area contributed by atoms with Gasteiger partial charge in [-0.25, -0.2) is 0 Å². The molecule has 0 aromatic carbocycles. The van der Waals surface area contributed by atoms with Gasteiger partial charge in [0.25, 0.3) is 0 Å². The molecular weight excluding hydrogens is 176 g/mol. The lowest BCUT2D eigenvalue weighted by molar-refractivity contribution is -0.0367. The van der Waals surface area contributed by atoms with Crippen molar-refractivity contribution in [3.63, 3.8) is 0 Å². The summed E-state index contributed by atoms with van der Waals surface area (Å²) in [5, 5.41) is 0. The third-order valence-electron chi connectivity index (χ3n) is 2.86. The lowest BCUT2D eigenvalue weighted by Crippen LogP contribution is -2.48. The number of likely N-dealkylation sites (N-methyl/N-ethyl adjacent to an activating group) is 2. The molecule has 84 valence electrons. The van der Waals surface area contributed by atoms with Gasteiger partial charge >= 0.3 is 0 Å². The Morgan fingerprint density at radius 1 is 1.21 bits per heavy atom. The van der Waals surface area contributed by atoms with Crippen molar-refractivity contribution >= 4 is 0 Å². The second-order valence-electron chi connectivity index (χ2n) is 4.70. The van der Waals surface area contributed by atoms with Crippen molar-refractivity contribution in [1.82, 2.24) is 9.80 Å². The van der Waals surface area contributed by atoms with Gasteiger partial charge in [-0.3, -0.25) is 0 Å². The van der Waals surface area contributed by atoms with Crippen molar-refractivity contribution in [3.8, 4) is 0 Å². The van der Waals surface area contributed by atoms with Crippen molar-refractivity contribution in [2.24, 2.45) is 0 Å². The molecule has 1 rings (SSSR count). The van der Waals surface area contributed by atoms with E-state index in [1.54, 1.807) is 0 Å². The maximum absolute atomic E-state index is 5.83. The molecule has 2 atom stereocenters. The topological polar surface area (TPSA) is 15.7 Å². The van der Waals surface area contributed by atoms with Gasteiger partial charge in [0.15, 0.2) is 0 Å². The van der Waals surface area contributed by atoms with Gasteiger partial charge < -0.3 is 14.5 Å². The van der Waals surface area contributed by atoms with Crippen LogP contribution in [0.5, 0.6) is 0 Å². The molecule has 0 bridgehead atoms. The second kappa shape index (κ2) is 5.69. The molecule has 1 heterocycles. The fraction of sp³-hybridized carbons (Fsp3) is 1.00. The minimum Gasteiger partial charge on any atom is -0.377 e. The minimum atomic E-state index is 0.432. The Morgan fingerprint density at radius 3 is 2.36 bits per heavy atom. The van der Waals surface area contributed by atoms with E-state index in [4.69, 9.17) is 4.74 Å². The summed E-state index contributed by atoms with van der Waals surface area (Å²) in [5.74, 6) is 0. The Bertz CT molecular complexity index is 153. The summed E-state index contributed by atoms with van der Waals surface area (Å²) in [6.45, 7) is 2.03. The van der Waals surface area contributed by atoms with Crippen LogP contribution in [-0.2, 0) is 4.74 Å². The summed E-state index contributed by atoms with van der Waals surface area (Å²) in [4.78, 5) is 4.53. The molecule has 1 aliphatic heterocycles. The van der Waals surface area contributed by atoms with Gasteiger partial charge in [-0.05, 0) is 47.5 Å². The highest BCUT2D eigenvalue weighted by Gasteiger charge is 2.26. The number of ether oxygens (including phenoxy) is 1. The van der Waals surface area contributed by atoms with Gasteiger partial charge in [0, 0.05) is 19.2 Å². The molecular formula is C11H24N2O. The van der Waals surface area contributed by atoms with E-state index < -0.39 is 0 Å². The summed E-state index contributed by atoms with van der Waals surface area (Å²) in [7, 11) is 8.54. The second-order valence-corrected chi connectivity index (χ2v) is 4.70. The van der Waals surface area contributed by atoms with Crippen LogP contribution in [0, 0.1) is 0 Å². The predicted molar refractivity (Wildman–Crippen MR) is 59.6 cm³/mol. The Morgan fingerprint density at radius 2 is 1.93 bits per heavy atom. The van der Waals surface area contributed by atoms with Gasteiger partial charge in [0.1, 0.15) is 0 Å². The molecule has 1 fully saturated rings. The average molecular weight is 200 g/mol. The largest absolute Gasteiger partial charge is 0.377 e. The van der Waals surface area contributed by atoms with Crippen molar-refractivity contribution in [3.05, 3.63) is 0 Å². The number of hydrogen-bond donors (Lipinski definition) is 0. The zero-order chi connectivity index (χ0) is 10.6. The highest BCUT2D eigenvalue weighted by atomic mass is 16.5. The summed E-state index contributed by atoms with van der Waals surface area (Å²) >= 11 is 0. The van der Waals surface area contributed by atoms with Gasteiger partial charge in [-0.2, -0.15) is 0 Å². The molecule has 0 spiro atoms. The van der Waals surface area contributed by atoms with Crippen LogP contribution in [0.15, 0.2) is 0 Å². The van der Waals surface area contributed by atoms with Crippen LogP contribution in [0.4, 0.5) is 0 Å². The van der Waals surface area contributed by atoms with E-state index in [9.17, 15) is 0 Å². The number of hydrogen-bond acceptors (Lipinski definition) is 3. The van der Waals surface area contributed by atoms with E-state index in [1.165, 1.54) is 19.3 Å². The first-order valence-corrected chi connectivity index (χ1v) is 5.54. The van der Waals surface area contributed by atoms with Crippen LogP contribution in [0.25, 0.3) is 0 Å². The van der Waals surface area contributed by atoms with Crippen LogP contribution in [0.3, 0.4) is 0 Å². The summed E-state index contributed by atoms with van der Waals surface area (Å²) in [6, 6.07) is 0.533. The highest BCUT2D eigenvalue weighted by molar-refractivity contribution is 4.81.